The summed E-state index contributed by atoms with van der Waals surface area (Å²) in [5, 5.41) is 5.64. The average molecular weight is 291 g/mol. The van der Waals surface area contributed by atoms with Crippen molar-refractivity contribution in [2.75, 3.05) is 5.32 Å². The molecule has 0 aliphatic carbocycles. The van der Waals surface area contributed by atoms with Gasteiger partial charge in [-0.2, -0.15) is 0 Å². The molecule has 116 valence electrons. The Morgan fingerprint density at radius 1 is 1.14 bits per heavy atom. The monoisotopic (exact) mass is 291 g/mol. The molecule has 1 unspecified atom stereocenters. The molecule has 4 N–H and O–H groups in total. The van der Waals surface area contributed by atoms with Gasteiger partial charge in [-0.3, -0.25) is 4.79 Å². The average Bonchev–Trinajstić information content (AvgIpc) is 2.44. The van der Waals surface area contributed by atoms with Crippen LogP contribution in [-0.4, -0.2) is 18.0 Å². The largest absolute Gasteiger partial charge is 0.366 e. The van der Waals surface area contributed by atoms with E-state index in [1.807, 2.05) is 6.92 Å². The molecule has 1 aromatic carbocycles. The van der Waals surface area contributed by atoms with Crippen LogP contribution in [0, 0.1) is 0 Å². The Morgan fingerprint density at radius 2 is 1.81 bits per heavy atom. The number of carbonyl (C=O) groups excluding carboxylic acids is 2. The summed E-state index contributed by atoms with van der Waals surface area (Å²) in [6, 6.07) is 6.41. The van der Waals surface area contributed by atoms with Crippen LogP contribution in [0.3, 0.4) is 0 Å². The van der Waals surface area contributed by atoms with Gasteiger partial charge < -0.3 is 16.4 Å². The van der Waals surface area contributed by atoms with E-state index in [0.29, 0.717) is 11.3 Å². The van der Waals surface area contributed by atoms with Crippen LogP contribution in [0.15, 0.2) is 24.3 Å². The van der Waals surface area contributed by atoms with Crippen LogP contribution in [0.2, 0.25) is 0 Å². The summed E-state index contributed by atoms with van der Waals surface area (Å²) in [4.78, 5) is 22.8. The number of rotatable bonds is 8. The first-order valence-electron chi connectivity index (χ1n) is 7.50. The first-order chi connectivity index (χ1) is 10.0. The van der Waals surface area contributed by atoms with Gasteiger partial charge >= 0.3 is 6.03 Å². The second-order valence-corrected chi connectivity index (χ2v) is 5.29. The summed E-state index contributed by atoms with van der Waals surface area (Å²) in [6.45, 7) is 4.18. The van der Waals surface area contributed by atoms with Crippen LogP contribution in [0.1, 0.15) is 56.3 Å². The Morgan fingerprint density at radius 3 is 2.38 bits per heavy atom. The van der Waals surface area contributed by atoms with Crippen LogP contribution in [-0.2, 0) is 0 Å². The number of carbonyl (C=O) groups is 2. The Kier molecular flexibility index (Phi) is 7.29. The topological polar surface area (TPSA) is 84.2 Å². The van der Waals surface area contributed by atoms with Gasteiger partial charge in [-0.1, -0.05) is 32.6 Å². The SMILES string of the molecule is CCCCCCC(C)NC(=O)Nc1ccc(C(N)=O)cc1. The van der Waals surface area contributed by atoms with E-state index < -0.39 is 5.91 Å². The molecule has 1 aromatic rings. The molecule has 5 heteroatoms. The number of primary amides is 1. The third-order valence-corrected chi connectivity index (χ3v) is 3.30. The minimum atomic E-state index is -0.480. The van der Waals surface area contributed by atoms with Crippen LogP contribution in [0.4, 0.5) is 10.5 Å². The number of benzene rings is 1. The predicted octanol–water partition coefficient (Wildman–Crippen LogP) is 3.27. The quantitative estimate of drug-likeness (QED) is 0.642. The highest BCUT2D eigenvalue weighted by atomic mass is 16.2. The zero-order chi connectivity index (χ0) is 15.7. The van der Waals surface area contributed by atoms with E-state index in [1.54, 1.807) is 24.3 Å². The zero-order valence-electron chi connectivity index (χ0n) is 12.8. The number of unbranched alkanes of at least 4 members (excludes halogenated alkanes) is 3. The van der Waals surface area contributed by atoms with Crippen molar-refractivity contribution in [3.63, 3.8) is 0 Å². The lowest BCUT2D eigenvalue weighted by Gasteiger charge is -2.14. The first-order valence-corrected chi connectivity index (χ1v) is 7.50. The van der Waals surface area contributed by atoms with Gasteiger partial charge in [0.2, 0.25) is 5.91 Å². The molecule has 0 fully saturated rings. The van der Waals surface area contributed by atoms with Gasteiger partial charge in [0.25, 0.3) is 0 Å². The lowest BCUT2D eigenvalue weighted by Crippen LogP contribution is -2.36. The summed E-state index contributed by atoms with van der Waals surface area (Å²) in [5.41, 5.74) is 6.22. The molecule has 0 heterocycles. The summed E-state index contributed by atoms with van der Waals surface area (Å²) >= 11 is 0. The van der Waals surface area contributed by atoms with Crippen molar-refractivity contribution in [1.82, 2.24) is 5.32 Å². The van der Waals surface area contributed by atoms with Gasteiger partial charge in [0, 0.05) is 17.3 Å². The first kappa shape index (κ1) is 17.0. The van der Waals surface area contributed by atoms with Crippen molar-refractivity contribution in [3.05, 3.63) is 29.8 Å². The highest BCUT2D eigenvalue weighted by Crippen LogP contribution is 2.09. The van der Waals surface area contributed by atoms with Crippen molar-refractivity contribution in [2.24, 2.45) is 5.73 Å². The maximum Gasteiger partial charge on any atom is 0.319 e. The summed E-state index contributed by atoms with van der Waals surface area (Å²) in [5.74, 6) is -0.480. The summed E-state index contributed by atoms with van der Waals surface area (Å²) < 4.78 is 0. The fourth-order valence-corrected chi connectivity index (χ4v) is 2.06. The molecule has 0 aromatic heterocycles. The van der Waals surface area contributed by atoms with E-state index in [2.05, 4.69) is 17.6 Å². The van der Waals surface area contributed by atoms with E-state index >= 15 is 0 Å². The number of hydrogen-bond donors (Lipinski definition) is 3. The number of nitrogens with one attached hydrogen (secondary N) is 2. The third kappa shape index (κ3) is 6.79. The summed E-state index contributed by atoms with van der Waals surface area (Å²) in [6.07, 6.45) is 5.77. The van der Waals surface area contributed by atoms with Gasteiger partial charge in [-0.05, 0) is 37.6 Å². The molecule has 21 heavy (non-hydrogen) atoms. The molecule has 1 rings (SSSR count). The van der Waals surface area contributed by atoms with Gasteiger partial charge in [-0.25, -0.2) is 4.79 Å². The number of amides is 3. The standard InChI is InChI=1S/C16H25N3O2/c1-3-4-5-6-7-12(2)18-16(21)19-14-10-8-13(9-11-14)15(17)20/h8-12H,3-7H2,1-2H3,(H2,17,20)(H2,18,19,21). The maximum atomic E-state index is 11.8. The van der Waals surface area contributed by atoms with E-state index in [4.69, 9.17) is 5.73 Å². The maximum absolute atomic E-state index is 11.8. The molecule has 0 saturated carbocycles. The molecule has 0 spiro atoms. The van der Waals surface area contributed by atoms with Gasteiger partial charge in [0.15, 0.2) is 0 Å². The third-order valence-electron chi connectivity index (χ3n) is 3.30. The molecule has 0 aliphatic rings. The summed E-state index contributed by atoms with van der Waals surface area (Å²) in [7, 11) is 0. The molecule has 0 saturated heterocycles. The number of hydrogen-bond acceptors (Lipinski definition) is 2. The zero-order valence-corrected chi connectivity index (χ0v) is 12.8. The van der Waals surface area contributed by atoms with E-state index in [0.717, 1.165) is 12.8 Å². The molecular formula is C16H25N3O2. The second kappa shape index (κ2) is 9.00. The second-order valence-electron chi connectivity index (χ2n) is 5.29. The Bertz CT molecular complexity index is 457. The highest BCUT2D eigenvalue weighted by molar-refractivity contribution is 5.94. The Hall–Kier alpha value is -2.04. The lowest BCUT2D eigenvalue weighted by molar-refractivity contribution is 0.100. The highest BCUT2D eigenvalue weighted by Gasteiger charge is 2.07. The number of nitrogens with two attached hydrogens (primary N) is 1. The van der Waals surface area contributed by atoms with Crippen molar-refractivity contribution in [3.8, 4) is 0 Å². The fraction of sp³-hybridized carbons (Fsp3) is 0.500. The molecule has 0 bridgehead atoms. The van der Waals surface area contributed by atoms with E-state index in [1.165, 1.54) is 19.3 Å². The smallest absolute Gasteiger partial charge is 0.319 e. The molecule has 1 atom stereocenters. The van der Waals surface area contributed by atoms with Crippen molar-refractivity contribution >= 4 is 17.6 Å². The lowest BCUT2D eigenvalue weighted by atomic mass is 10.1. The minimum absolute atomic E-state index is 0.145. The Labute approximate surface area is 126 Å². The van der Waals surface area contributed by atoms with Crippen molar-refractivity contribution in [1.29, 1.82) is 0 Å². The predicted molar refractivity (Wildman–Crippen MR) is 85.3 cm³/mol. The number of anilines is 1. The van der Waals surface area contributed by atoms with Crippen molar-refractivity contribution in [2.45, 2.75) is 52.0 Å². The fourth-order valence-electron chi connectivity index (χ4n) is 2.06. The van der Waals surface area contributed by atoms with Gasteiger partial charge in [0.1, 0.15) is 0 Å². The normalized spacial score (nSPS) is 11.7. The van der Waals surface area contributed by atoms with Crippen LogP contribution < -0.4 is 16.4 Å². The molecule has 3 amide bonds. The van der Waals surface area contributed by atoms with E-state index in [9.17, 15) is 9.59 Å². The van der Waals surface area contributed by atoms with Crippen LogP contribution >= 0.6 is 0 Å². The molecule has 5 nitrogen and oxygen atoms in total. The molecule has 0 aliphatic heterocycles. The molecular weight excluding hydrogens is 266 g/mol. The van der Waals surface area contributed by atoms with Crippen LogP contribution in [0.25, 0.3) is 0 Å². The number of urea groups is 1. The Balaban J connectivity index is 2.34. The van der Waals surface area contributed by atoms with Gasteiger partial charge in [0.05, 0.1) is 0 Å². The van der Waals surface area contributed by atoms with Crippen molar-refractivity contribution < 1.29 is 9.59 Å². The van der Waals surface area contributed by atoms with Crippen LogP contribution in [0.5, 0.6) is 0 Å². The minimum Gasteiger partial charge on any atom is -0.366 e. The van der Waals surface area contributed by atoms with E-state index in [-0.39, 0.29) is 12.1 Å². The molecule has 0 radical (unpaired) electrons. The van der Waals surface area contributed by atoms with Gasteiger partial charge in [-0.15, -0.1) is 0 Å².